The van der Waals surface area contributed by atoms with Crippen molar-refractivity contribution < 1.29 is 14.3 Å². The van der Waals surface area contributed by atoms with E-state index >= 15 is 0 Å². The molecular formula is C14H26N4O3. The topological polar surface area (TPSA) is 65.1 Å². The molecule has 7 heteroatoms. The Labute approximate surface area is 126 Å². The summed E-state index contributed by atoms with van der Waals surface area (Å²) in [6.07, 6.45) is -0.295. The number of carbonyl (C=O) groups excluding carboxylic acids is 2. The summed E-state index contributed by atoms with van der Waals surface area (Å²) in [5.41, 5.74) is -0.481. The SMILES string of the molecule is CC(C)(C)OC(=O)N1CCN(C(=O)N2CCNCC2)CC1. The molecule has 0 radical (unpaired) electrons. The van der Waals surface area contributed by atoms with Crippen LogP contribution in [-0.4, -0.2) is 84.8 Å². The summed E-state index contributed by atoms with van der Waals surface area (Å²) < 4.78 is 5.35. The second-order valence-electron chi connectivity index (χ2n) is 6.47. The zero-order chi connectivity index (χ0) is 15.5. The van der Waals surface area contributed by atoms with E-state index in [1.54, 1.807) is 4.90 Å². The summed E-state index contributed by atoms with van der Waals surface area (Å²) >= 11 is 0. The van der Waals surface area contributed by atoms with E-state index in [4.69, 9.17) is 4.74 Å². The predicted molar refractivity (Wildman–Crippen MR) is 79.2 cm³/mol. The van der Waals surface area contributed by atoms with E-state index in [2.05, 4.69) is 5.32 Å². The second-order valence-corrected chi connectivity index (χ2v) is 6.47. The van der Waals surface area contributed by atoms with Crippen LogP contribution >= 0.6 is 0 Å². The largest absolute Gasteiger partial charge is 0.444 e. The summed E-state index contributed by atoms with van der Waals surface area (Å²) in [5.74, 6) is 0. The molecule has 2 rings (SSSR count). The normalized spacial score (nSPS) is 20.4. The van der Waals surface area contributed by atoms with Gasteiger partial charge >= 0.3 is 12.1 Å². The molecule has 2 aliphatic rings. The first-order valence-electron chi connectivity index (χ1n) is 7.59. The van der Waals surface area contributed by atoms with Gasteiger partial charge in [-0.3, -0.25) is 0 Å². The van der Waals surface area contributed by atoms with Gasteiger partial charge in [-0.05, 0) is 20.8 Å². The van der Waals surface area contributed by atoms with E-state index in [-0.39, 0.29) is 12.1 Å². The van der Waals surface area contributed by atoms with Gasteiger partial charge in [-0.1, -0.05) is 0 Å². The molecule has 3 amide bonds. The number of piperazine rings is 2. The van der Waals surface area contributed by atoms with Gasteiger partial charge < -0.3 is 24.8 Å². The van der Waals surface area contributed by atoms with E-state index in [0.29, 0.717) is 26.2 Å². The molecular weight excluding hydrogens is 272 g/mol. The minimum absolute atomic E-state index is 0.0836. The third-order valence-corrected chi connectivity index (χ3v) is 3.59. The number of hydrogen-bond donors (Lipinski definition) is 1. The fraction of sp³-hybridized carbons (Fsp3) is 0.857. The summed E-state index contributed by atoms with van der Waals surface area (Å²) in [4.78, 5) is 29.7. The Hall–Kier alpha value is -1.50. The van der Waals surface area contributed by atoms with Crippen molar-refractivity contribution in [3.63, 3.8) is 0 Å². The average molecular weight is 298 g/mol. The highest BCUT2D eigenvalue weighted by atomic mass is 16.6. The van der Waals surface area contributed by atoms with Crippen LogP contribution in [0.15, 0.2) is 0 Å². The molecule has 0 aromatic rings. The number of urea groups is 1. The Morgan fingerprint density at radius 2 is 1.33 bits per heavy atom. The van der Waals surface area contributed by atoms with Crippen LogP contribution in [0, 0.1) is 0 Å². The molecule has 120 valence electrons. The number of rotatable bonds is 0. The molecule has 2 fully saturated rings. The van der Waals surface area contributed by atoms with Gasteiger partial charge in [0.05, 0.1) is 0 Å². The highest BCUT2D eigenvalue weighted by Crippen LogP contribution is 2.12. The van der Waals surface area contributed by atoms with Crippen molar-refractivity contribution in [2.75, 3.05) is 52.4 Å². The molecule has 1 N–H and O–H groups in total. The zero-order valence-corrected chi connectivity index (χ0v) is 13.2. The molecule has 0 bridgehead atoms. The molecule has 0 unspecified atom stereocenters. The minimum atomic E-state index is -0.481. The lowest BCUT2D eigenvalue weighted by Crippen LogP contribution is -2.57. The molecule has 0 saturated carbocycles. The average Bonchev–Trinajstić information content (AvgIpc) is 2.46. The molecule has 7 nitrogen and oxygen atoms in total. The Bertz CT molecular complexity index is 380. The molecule has 0 aromatic carbocycles. The van der Waals surface area contributed by atoms with Crippen LogP contribution in [0.2, 0.25) is 0 Å². The molecule has 0 atom stereocenters. The van der Waals surface area contributed by atoms with Gasteiger partial charge in [0.1, 0.15) is 5.60 Å². The zero-order valence-electron chi connectivity index (χ0n) is 13.2. The maximum atomic E-state index is 12.3. The van der Waals surface area contributed by atoms with Gasteiger partial charge in [0.2, 0.25) is 0 Å². The monoisotopic (exact) mass is 298 g/mol. The van der Waals surface area contributed by atoms with E-state index in [1.165, 1.54) is 0 Å². The molecule has 2 heterocycles. The van der Waals surface area contributed by atoms with Crippen LogP contribution in [0.25, 0.3) is 0 Å². The lowest BCUT2D eigenvalue weighted by molar-refractivity contribution is 0.0156. The Kier molecular flexibility index (Phi) is 4.92. The van der Waals surface area contributed by atoms with Gasteiger partial charge in [-0.2, -0.15) is 0 Å². The first-order chi connectivity index (χ1) is 9.87. The second kappa shape index (κ2) is 6.51. The quantitative estimate of drug-likeness (QED) is 0.710. The molecule has 0 aliphatic carbocycles. The van der Waals surface area contributed by atoms with E-state index < -0.39 is 5.60 Å². The van der Waals surface area contributed by atoms with Crippen LogP contribution in [0.3, 0.4) is 0 Å². The fourth-order valence-electron chi connectivity index (χ4n) is 2.46. The number of ether oxygens (including phenoxy) is 1. The van der Waals surface area contributed by atoms with Crippen molar-refractivity contribution in [1.29, 1.82) is 0 Å². The lowest BCUT2D eigenvalue weighted by atomic mass is 10.2. The number of hydrogen-bond acceptors (Lipinski definition) is 4. The van der Waals surface area contributed by atoms with Crippen molar-refractivity contribution in [3.8, 4) is 0 Å². The number of nitrogens with one attached hydrogen (secondary N) is 1. The summed E-state index contributed by atoms with van der Waals surface area (Å²) in [5, 5.41) is 3.23. The fourth-order valence-corrected chi connectivity index (χ4v) is 2.46. The third kappa shape index (κ3) is 4.49. The molecule has 2 aliphatic heterocycles. The summed E-state index contributed by atoms with van der Waals surface area (Å²) in [6.45, 7) is 11.0. The predicted octanol–water partition coefficient (Wildman–Crippen LogP) is 0.564. The lowest BCUT2D eigenvalue weighted by Gasteiger charge is -2.38. The maximum absolute atomic E-state index is 12.3. The van der Waals surface area contributed by atoms with Crippen LogP contribution in [0.1, 0.15) is 20.8 Å². The van der Waals surface area contributed by atoms with Crippen LogP contribution < -0.4 is 5.32 Å². The standard InChI is InChI=1S/C14H26N4O3/c1-14(2,3)21-13(20)18-10-8-17(9-11-18)12(19)16-6-4-15-5-7-16/h15H,4-11H2,1-3H3. The van der Waals surface area contributed by atoms with Crippen LogP contribution in [0.5, 0.6) is 0 Å². The van der Waals surface area contributed by atoms with Crippen molar-refractivity contribution in [2.45, 2.75) is 26.4 Å². The Balaban J connectivity index is 1.80. The Morgan fingerprint density at radius 3 is 1.86 bits per heavy atom. The van der Waals surface area contributed by atoms with Crippen molar-refractivity contribution in [3.05, 3.63) is 0 Å². The minimum Gasteiger partial charge on any atom is -0.444 e. The number of amides is 3. The van der Waals surface area contributed by atoms with E-state index in [9.17, 15) is 9.59 Å². The Morgan fingerprint density at radius 1 is 0.857 bits per heavy atom. The number of carbonyl (C=O) groups is 2. The van der Waals surface area contributed by atoms with Gasteiger partial charge in [-0.15, -0.1) is 0 Å². The van der Waals surface area contributed by atoms with Gasteiger partial charge in [0, 0.05) is 52.4 Å². The summed E-state index contributed by atoms with van der Waals surface area (Å²) in [7, 11) is 0. The first-order valence-corrected chi connectivity index (χ1v) is 7.59. The highest BCUT2D eigenvalue weighted by Gasteiger charge is 2.29. The van der Waals surface area contributed by atoms with Crippen molar-refractivity contribution in [2.24, 2.45) is 0 Å². The molecule has 2 saturated heterocycles. The van der Waals surface area contributed by atoms with Gasteiger partial charge in [0.25, 0.3) is 0 Å². The molecule has 21 heavy (non-hydrogen) atoms. The molecule has 0 aromatic heterocycles. The maximum Gasteiger partial charge on any atom is 0.410 e. The van der Waals surface area contributed by atoms with Gasteiger partial charge in [0.15, 0.2) is 0 Å². The van der Waals surface area contributed by atoms with E-state index in [1.807, 2.05) is 30.6 Å². The van der Waals surface area contributed by atoms with Crippen LogP contribution in [0.4, 0.5) is 9.59 Å². The van der Waals surface area contributed by atoms with E-state index in [0.717, 1.165) is 26.2 Å². The smallest absolute Gasteiger partial charge is 0.410 e. The van der Waals surface area contributed by atoms with Crippen molar-refractivity contribution in [1.82, 2.24) is 20.0 Å². The van der Waals surface area contributed by atoms with Gasteiger partial charge in [-0.25, -0.2) is 9.59 Å². The third-order valence-electron chi connectivity index (χ3n) is 3.59. The van der Waals surface area contributed by atoms with Crippen molar-refractivity contribution >= 4 is 12.1 Å². The molecule has 0 spiro atoms. The number of nitrogens with zero attached hydrogens (tertiary/aromatic N) is 3. The van der Waals surface area contributed by atoms with Crippen LogP contribution in [-0.2, 0) is 4.74 Å². The highest BCUT2D eigenvalue weighted by molar-refractivity contribution is 5.75. The first kappa shape index (κ1) is 15.9. The summed E-state index contributed by atoms with van der Waals surface area (Å²) in [6, 6.07) is 0.0836.